The van der Waals surface area contributed by atoms with E-state index < -0.39 is 0 Å². The topological polar surface area (TPSA) is 53.0 Å². The van der Waals surface area contributed by atoms with E-state index in [1.807, 2.05) is 16.3 Å². The molecule has 0 radical (unpaired) electrons. The Hall–Kier alpha value is -0.950. The molecule has 24 heavy (non-hydrogen) atoms. The molecule has 2 aliphatic heterocycles. The number of carbonyl (C=O) groups excluding carboxylic acids is 1. The van der Waals surface area contributed by atoms with Gasteiger partial charge in [-0.15, -0.1) is 11.3 Å². The van der Waals surface area contributed by atoms with E-state index in [0.717, 1.165) is 52.0 Å². The molecule has 134 valence electrons. The van der Waals surface area contributed by atoms with E-state index in [2.05, 4.69) is 11.0 Å². The van der Waals surface area contributed by atoms with E-state index in [0.29, 0.717) is 19.1 Å². The van der Waals surface area contributed by atoms with Crippen LogP contribution in [0.4, 0.5) is 0 Å². The number of piperidine rings is 1. The van der Waals surface area contributed by atoms with Gasteiger partial charge in [-0.05, 0) is 43.7 Å². The maximum absolute atomic E-state index is 13.0. The van der Waals surface area contributed by atoms with Crippen molar-refractivity contribution in [2.24, 2.45) is 5.92 Å². The SMILES string of the molecule is O=C([C@@H]1CCCN(C2CCOCC2)C1)N(CCO)Cc1cccs1. The van der Waals surface area contributed by atoms with Gasteiger partial charge in [0.15, 0.2) is 0 Å². The van der Waals surface area contributed by atoms with Gasteiger partial charge >= 0.3 is 0 Å². The highest BCUT2D eigenvalue weighted by Crippen LogP contribution is 2.25. The van der Waals surface area contributed by atoms with Crippen LogP contribution in [0.1, 0.15) is 30.6 Å². The highest BCUT2D eigenvalue weighted by molar-refractivity contribution is 7.09. The molecule has 0 bridgehead atoms. The average Bonchev–Trinajstić information content (AvgIpc) is 3.15. The molecular weight excluding hydrogens is 324 g/mol. The molecule has 1 aromatic rings. The molecule has 0 saturated carbocycles. The zero-order chi connectivity index (χ0) is 16.8. The number of nitrogens with zero attached hydrogens (tertiary/aromatic N) is 2. The summed E-state index contributed by atoms with van der Waals surface area (Å²) < 4.78 is 5.47. The van der Waals surface area contributed by atoms with E-state index in [1.54, 1.807) is 11.3 Å². The minimum Gasteiger partial charge on any atom is -0.395 e. The lowest BCUT2D eigenvalue weighted by Crippen LogP contribution is -2.49. The quantitative estimate of drug-likeness (QED) is 0.850. The molecule has 3 rings (SSSR count). The molecule has 0 unspecified atom stereocenters. The molecule has 1 amide bonds. The Morgan fingerprint density at radius 1 is 1.38 bits per heavy atom. The number of rotatable bonds is 6. The number of hydrogen-bond donors (Lipinski definition) is 1. The summed E-state index contributed by atoms with van der Waals surface area (Å²) in [7, 11) is 0. The lowest BCUT2D eigenvalue weighted by atomic mass is 9.93. The van der Waals surface area contributed by atoms with Crippen LogP contribution in [0.5, 0.6) is 0 Å². The van der Waals surface area contributed by atoms with Crippen molar-refractivity contribution < 1.29 is 14.6 Å². The summed E-state index contributed by atoms with van der Waals surface area (Å²) in [6, 6.07) is 4.63. The maximum atomic E-state index is 13.0. The van der Waals surface area contributed by atoms with Crippen LogP contribution in [0.25, 0.3) is 0 Å². The second kappa shape index (κ2) is 8.94. The molecule has 2 fully saturated rings. The largest absolute Gasteiger partial charge is 0.395 e. The number of aliphatic hydroxyl groups is 1. The lowest BCUT2D eigenvalue weighted by Gasteiger charge is -2.40. The summed E-state index contributed by atoms with van der Waals surface area (Å²) in [6.45, 7) is 4.70. The van der Waals surface area contributed by atoms with E-state index in [1.165, 1.54) is 4.88 Å². The molecule has 2 aliphatic rings. The molecule has 0 aromatic carbocycles. The summed E-state index contributed by atoms with van der Waals surface area (Å²) in [6.07, 6.45) is 4.21. The molecule has 1 aromatic heterocycles. The Bertz CT molecular complexity index is 502. The Morgan fingerprint density at radius 3 is 2.92 bits per heavy atom. The van der Waals surface area contributed by atoms with E-state index >= 15 is 0 Å². The zero-order valence-corrected chi connectivity index (χ0v) is 15.0. The number of thiophene rings is 1. The Kier molecular flexibility index (Phi) is 6.66. The minimum absolute atomic E-state index is 0.0213. The Balaban J connectivity index is 1.60. The van der Waals surface area contributed by atoms with Crippen LogP contribution < -0.4 is 0 Å². The van der Waals surface area contributed by atoms with Crippen molar-refractivity contribution >= 4 is 17.2 Å². The predicted molar refractivity (Wildman–Crippen MR) is 95.0 cm³/mol. The smallest absolute Gasteiger partial charge is 0.227 e. The second-order valence-corrected chi connectivity index (χ2v) is 7.77. The van der Waals surface area contributed by atoms with Gasteiger partial charge in [0.1, 0.15) is 0 Å². The molecule has 0 spiro atoms. The van der Waals surface area contributed by atoms with Gasteiger partial charge in [0.05, 0.1) is 19.1 Å². The predicted octanol–water partition coefficient (Wildman–Crippen LogP) is 1.96. The highest BCUT2D eigenvalue weighted by atomic mass is 32.1. The first-order valence-electron chi connectivity index (χ1n) is 9.01. The molecular formula is C18H28N2O3S. The zero-order valence-electron chi connectivity index (χ0n) is 14.2. The van der Waals surface area contributed by atoms with Crippen molar-refractivity contribution in [2.45, 2.75) is 38.3 Å². The first kappa shape index (κ1) is 17.9. The molecule has 6 heteroatoms. The van der Waals surface area contributed by atoms with Gasteiger partial charge in [-0.3, -0.25) is 9.69 Å². The monoisotopic (exact) mass is 352 g/mol. The molecule has 1 N–H and O–H groups in total. The third-order valence-corrected chi connectivity index (χ3v) is 5.98. The molecule has 5 nitrogen and oxygen atoms in total. The third-order valence-electron chi connectivity index (χ3n) is 5.12. The average molecular weight is 352 g/mol. The highest BCUT2D eigenvalue weighted by Gasteiger charge is 2.32. The van der Waals surface area contributed by atoms with Gasteiger partial charge in [0.2, 0.25) is 5.91 Å². The van der Waals surface area contributed by atoms with Gasteiger partial charge in [0.25, 0.3) is 0 Å². The van der Waals surface area contributed by atoms with Crippen molar-refractivity contribution in [3.63, 3.8) is 0 Å². The first-order valence-corrected chi connectivity index (χ1v) is 9.89. The summed E-state index contributed by atoms with van der Waals surface area (Å²) >= 11 is 1.66. The van der Waals surface area contributed by atoms with Crippen molar-refractivity contribution in [3.05, 3.63) is 22.4 Å². The van der Waals surface area contributed by atoms with Crippen molar-refractivity contribution in [1.29, 1.82) is 0 Å². The standard InChI is InChI=1S/C18H28N2O3S/c21-9-8-20(14-17-4-2-12-24-17)18(22)15-3-1-7-19(13-15)16-5-10-23-11-6-16/h2,4,12,15-16,21H,1,3,5-11,13-14H2/t15-/m1/s1. The van der Waals surface area contributed by atoms with Gasteiger partial charge in [0, 0.05) is 37.2 Å². The van der Waals surface area contributed by atoms with Crippen LogP contribution >= 0.6 is 11.3 Å². The number of ether oxygens (including phenoxy) is 1. The van der Waals surface area contributed by atoms with Gasteiger partial charge in [-0.1, -0.05) is 6.07 Å². The van der Waals surface area contributed by atoms with E-state index in [4.69, 9.17) is 4.74 Å². The van der Waals surface area contributed by atoms with Gasteiger partial charge < -0.3 is 14.7 Å². The molecule has 2 saturated heterocycles. The molecule has 3 heterocycles. The summed E-state index contributed by atoms with van der Waals surface area (Å²) in [5.41, 5.74) is 0. The number of hydrogen-bond acceptors (Lipinski definition) is 5. The fraction of sp³-hybridized carbons (Fsp3) is 0.722. The van der Waals surface area contributed by atoms with Gasteiger partial charge in [-0.25, -0.2) is 0 Å². The number of amides is 1. The van der Waals surface area contributed by atoms with Crippen LogP contribution in [-0.2, 0) is 16.1 Å². The van der Waals surface area contributed by atoms with Crippen LogP contribution in [0.15, 0.2) is 17.5 Å². The van der Waals surface area contributed by atoms with Crippen LogP contribution in [0, 0.1) is 5.92 Å². The van der Waals surface area contributed by atoms with E-state index in [9.17, 15) is 9.90 Å². The van der Waals surface area contributed by atoms with Crippen LogP contribution in [-0.4, -0.2) is 66.3 Å². The summed E-state index contributed by atoms with van der Waals surface area (Å²) in [5, 5.41) is 11.4. The first-order chi connectivity index (χ1) is 11.8. The van der Waals surface area contributed by atoms with Crippen molar-refractivity contribution in [3.8, 4) is 0 Å². The Morgan fingerprint density at radius 2 is 2.21 bits per heavy atom. The Labute approximate surface area is 148 Å². The number of carbonyl (C=O) groups is 1. The normalized spacial score (nSPS) is 23.3. The fourth-order valence-corrected chi connectivity index (χ4v) is 4.55. The molecule has 1 atom stereocenters. The molecule has 0 aliphatic carbocycles. The number of likely N-dealkylation sites (tertiary alicyclic amines) is 1. The van der Waals surface area contributed by atoms with E-state index in [-0.39, 0.29) is 18.4 Å². The van der Waals surface area contributed by atoms with Crippen molar-refractivity contribution in [1.82, 2.24) is 9.80 Å². The summed E-state index contributed by atoms with van der Waals surface area (Å²) in [4.78, 5) is 18.5. The second-order valence-electron chi connectivity index (χ2n) is 6.74. The fourth-order valence-electron chi connectivity index (χ4n) is 3.83. The van der Waals surface area contributed by atoms with Crippen LogP contribution in [0.2, 0.25) is 0 Å². The van der Waals surface area contributed by atoms with Crippen LogP contribution in [0.3, 0.4) is 0 Å². The lowest BCUT2D eigenvalue weighted by molar-refractivity contribution is -0.139. The maximum Gasteiger partial charge on any atom is 0.227 e. The number of aliphatic hydroxyl groups excluding tert-OH is 1. The van der Waals surface area contributed by atoms with Crippen molar-refractivity contribution in [2.75, 3.05) is 39.5 Å². The third kappa shape index (κ3) is 4.57. The summed E-state index contributed by atoms with van der Waals surface area (Å²) in [5.74, 6) is 0.266. The van der Waals surface area contributed by atoms with Gasteiger partial charge in [-0.2, -0.15) is 0 Å². The minimum atomic E-state index is 0.0213.